The molecule has 0 saturated carbocycles. The molecule has 4 heteroatoms. The van der Waals surface area contributed by atoms with Gasteiger partial charge in [-0.1, -0.05) is 12.1 Å². The van der Waals surface area contributed by atoms with Crippen LogP contribution < -0.4 is 4.74 Å². The Labute approximate surface area is 126 Å². The number of rotatable bonds is 3. The van der Waals surface area contributed by atoms with Gasteiger partial charge < -0.3 is 4.74 Å². The number of halogens is 1. The van der Waals surface area contributed by atoms with Gasteiger partial charge in [0.2, 0.25) is 0 Å². The van der Waals surface area contributed by atoms with E-state index >= 15 is 0 Å². The smallest absolute Gasteiger partial charge is 0.163 e. The first-order chi connectivity index (χ1) is 9.74. The van der Waals surface area contributed by atoms with Crippen LogP contribution in [0.4, 0.5) is 0 Å². The molecule has 0 unspecified atom stereocenters. The predicted molar refractivity (Wildman–Crippen MR) is 80.0 cm³/mol. The largest absolute Gasteiger partial charge is 0.487 e. The van der Waals surface area contributed by atoms with E-state index in [1.165, 1.54) is 0 Å². The molecular weight excluding hydrogens is 318 g/mol. The van der Waals surface area contributed by atoms with Crippen LogP contribution in [0.5, 0.6) is 5.75 Å². The summed E-state index contributed by atoms with van der Waals surface area (Å²) in [5.41, 5.74) is 2.73. The highest BCUT2D eigenvalue weighted by molar-refractivity contribution is 9.10. The van der Waals surface area contributed by atoms with E-state index < -0.39 is 0 Å². The highest BCUT2D eigenvalue weighted by Gasteiger charge is 2.20. The van der Waals surface area contributed by atoms with Gasteiger partial charge in [0, 0.05) is 28.2 Å². The molecule has 1 aromatic heterocycles. The molecule has 1 aliphatic carbocycles. The minimum absolute atomic E-state index is 0.221. The number of benzene rings is 1. The molecule has 3 rings (SSSR count). The second-order valence-corrected chi connectivity index (χ2v) is 5.73. The Morgan fingerprint density at radius 2 is 2.10 bits per heavy atom. The molecule has 0 atom stereocenters. The lowest BCUT2D eigenvalue weighted by atomic mass is 9.90. The molecule has 3 nitrogen and oxygen atoms in total. The Kier molecular flexibility index (Phi) is 3.83. The van der Waals surface area contributed by atoms with E-state index in [1.807, 2.05) is 30.3 Å². The molecular formula is C16H14BrNO2. The maximum Gasteiger partial charge on any atom is 0.163 e. The third kappa shape index (κ3) is 2.75. The van der Waals surface area contributed by atoms with Crippen molar-refractivity contribution in [2.45, 2.75) is 25.9 Å². The first-order valence-electron chi connectivity index (χ1n) is 6.62. The van der Waals surface area contributed by atoms with E-state index in [2.05, 4.69) is 20.9 Å². The van der Waals surface area contributed by atoms with E-state index in [9.17, 15) is 4.79 Å². The molecule has 1 aliphatic rings. The zero-order valence-corrected chi connectivity index (χ0v) is 12.5. The van der Waals surface area contributed by atoms with Gasteiger partial charge >= 0.3 is 0 Å². The van der Waals surface area contributed by atoms with Gasteiger partial charge in [0.1, 0.15) is 12.4 Å². The first kappa shape index (κ1) is 13.3. The summed E-state index contributed by atoms with van der Waals surface area (Å²) in [5, 5.41) is 0. The number of carbonyl (C=O) groups is 1. The SMILES string of the molecule is O=C1CCCc2c(OCc3ccc(Br)cn3)cccc21. The van der Waals surface area contributed by atoms with Crippen molar-refractivity contribution in [2.24, 2.45) is 0 Å². The third-order valence-corrected chi connectivity index (χ3v) is 3.90. The Hall–Kier alpha value is -1.68. The van der Waals surface area contributed by atoms with Crippen molar-refractivity contribution in [3.05, 3.63) is 57.8 Å². The summed E-state index contributed by atoms with van der Waals surface area (Å²) in [6.45, 7) is 0.415. The number of ether oxygens (including phenoxy) is 1. The van der Waals surface area contributed by atoms with Gasteiger partial charge in [0.15, 0.2) is 5.78 Å². The summed E-state index contributed by atoms with van der Waals surface area (Å²) in [6.07, 6.45) is 4.21. The molecule has 0 spiro atoms. The monoisotopic (exact) mass is 331 g/mol. The maximum absolute atomic E-state index is 11.9. The average Bonchev–Trinajstić information content (AvgIpc) is 2.47. The second kappa shape index (κ2) is 5.75. The normalized spacial score (nSPS) is 13.9. The molecule has 0 fully saturated rings. The minimum atomic E-state index is 0.221. The summed E-state index contributed by atoms with van der Waals surface area (Å²) in [4.78, 5) is 16.2. The predicted octanol–water partition coefficient (Wildman–Crippen LogP) is 3.94. The zero-order valence-electron chi connectivity index (χ0n) is 10.9. The van der Waals surface area contributed by atoms with Crippen LogP contribution in [0.3, 0.4) is 0 Å². The standard InChI is InChI=1S/C16H14BrNO2/c17-11-7-8-12(18-9-11)10-20-16-6-2-3-13-14(16)4-1-5-15(13)19/h2-3,6-9H,1,4-5,10H2. The van der Waals surface area contributed by atoms with E-state index in [0.717, 1.165) is 39.9 Å². The van der Waals surface area contributed by atoms with Crippen LogP contribution >= 0.6 is 15.9 Å². The lowest BCUT2D eigenvalue weighted by molar-refractivity contribution is 0.0971. The molecule has 0 N–H and O–H groups in total. The van der Waals surface area contributed by atoms with Gasteiger partial charge in [0.25, 0.3) is 0 Å². The fraction of sp³-hybridized carbons (Fsp3) is 0.250. The second-order valence-electron chi connectivity index (χ2n) is 4.82. The molecule has 0 aliphatic heterocycles. The number of aromatic nitrogens is 1. The fourth-order valence-corrected chi connectivity index (χ4v) is 2.66. The van der Waals surface area contributed by atoms with Gasteiger partial charge in [-0.3, -0.25) is 9.78 Å². The average molecular weight is 332 g/mol. The van der Waals surface area contributed by atoms with Crippen LogP contribution in [0.2, 0.25) is 0 Å². The van der Waals surface area contributed by atoms with Crippen LogP contribution in [-0.4, -0.2) is 10.8 Å². The van der Waals surface area contributed by atoms with Crippen LogP contribution in [0.25, 0.3) is 0 Å². The van der Waals surface area contributed by atoms with Gasteiger partial charge in [0.05, 0.1) is 5.69 Å². The molecule has 1 aromatic carbocycles. The van der Waals surface area contributed by atoms with Crippen LogP contribution in [-0.2, 0) is 13.0 Å². The summed E-state index contributed by atoms with van der Waals surface area (Å²) in [6, 6.07) is 9.56. The van der Waals surface area contributed by atoms with Gasteiger partial charge in [-0.15, -0.1) is 0 Å². The quantitative estimate of drug-likeness (QED) is 0.855. The first-order valence-corrected chi connectivity index (χ1v) is 7.41. The molecule has 2 aromatic rings. The number of hydrogen-bond acceptors (Lipinski definition) is 3. The molecule has 0 radical (unpaired) electrons. The zero-order chi connectivity index (χ0) is 13.9. The van der Waals surface area contributed by atoms with Crippen molar-refractivity contribution in [1.29, 1.82) is 0 Å². The molecule has 0 bridgehead atoms. The molecule has 1 heterocycles. The number of fused-ring (bicyclic) bond motifs is 1. The summed E-state index contributed by atoms with van der Waals surface area (Å²) in [5.74, 6) is 1.03. The van der Waals surface area contributed by atoms with E-state index in [1.54, 1.807) is 6.20 Å². The fourth-order valence-electron chi connectivity index (χ4n) is 2.42. The van der Waals surface area contributed by atoms with Crippen LogP contribution in [0.1, 0.15) is 34.5 Å². The molecule has 102 valence electrons. The number of Topliss-reactive ketones (excluding diaryl/α,β-unsaturated/α-hetero) is 1. The van der Waals surface area contributed by atoms with Gasteiger partial charge in [-0.2, -0.15) is 0 Å². The highest BCUT2D eigenvalue weighted by atomic mass is 79.9. The number of nitrogens with zero attached hydrogens (tertiary/aromatic N) is 1. The van der Waals surface area contributed by atoms with Gasteiger partial charge in [-0.05, 0) is 47.0 Å². The number of carbonyl (C=O) groups excluding carboxylic acids is 1. The van der Waals surface area contributed by atoms with Gasteiger partial charge in [-0.25, -0.2) is 0 Å². The number of hydrogen-bond donors (Lipinski definition) is 0. The van der Waals surface area contributed by atoms with Crippen molar-refractivity contribution in [1.82, 2.24) is 4.98 Å². The Balaban J connectivity index is 1.79. The molecule has 20 heavy (non-hydrogen) atoms. The van der Waals surface area contributed by atoms with E-state index in [4.69, 9.17) is 4.74 Å². The molecule has 0 amide bonds. The Morgan fingerprint density at radius 3 is 2.90 bits per heavy atom. The summed E-state index contributed by atoms with van der Waals surface area (Å²) in [7, 11) is 0. The highest BCUT2D eigenvalue weighted by Crippen LogP contribution is 2.30. The van der Waals surface area contributed by atoms with E-state index in [0.29, 0.717) is 13.0 Å². The van der Waals surface area contributed by atoms with Crippen LogP contribution in [0, 0.1) is 0 Å². The van der Waals surface area contributed by atoms with E-state index in [-0.39, 0.29) is 5.78 Å². The maximum atomic E-state index is 11.9. The van der Waals surface area contributed by atoms with Crippen molar-refractivity contribution in [2.75, 3.05) is 0 Å². The summed E-state index contributed by atoms with van der Waals surface area (Å²) >= 11 is 3.36. The van der Waals surface area contributed by atoms with Crippen LogP contribution in [0.15, 0.2) is 41.0 Å². The van der Waals surface area contributed by atoms with Crippen molar-refractivity contribution in [3.63, 3.8) is 0 Å². The van der Waals surface area contributed by atoms with Crippen molar-refractivity contribution < 1.29 is 9.53 Å². The molecule has 0 saturated heterocycles. The Morgan fingerprint density at radius 1 is 1.20 bits per heavy atom. The lowest BCUT2D eigenvalue weighted by Crippen LogP contribution is -2.12. The lowest BCUT2D eigenvalue weighted by Gasteiger charge is -2.18. The number of pyridine rings is 1. The topological polar surface area (TPSA) is 39.2 Å². The number of ketones is 1. The Bertz CT molecular complexity index is 637. The third-order valence-electron chi connectivity index (χ3n) is 3.43. The van der Waals surface area contributed by atoms with Crippen molar-refractivity contribution >= 4 is 21.7 Å². The minimum Gasteiger partial charge on any atom is -0.487 e. The van der Waals surface area contributed by atoms with Crippen molar-refractivity contribution in [3.8, 4) is 5.75 Å². The summed E-state index contributed by atoms with van der Waals surface area (Å²) < 4.78 is 6.80.